The van der Waals surface area contributed by atoms with Gasteiger partial charge in [0.05, 0.1) is 11.9 Å². The van der Waals surface area contributed by atoms with E-state index in [0.29, 0.717) is 23.5 Å². The van der Waals surface area contributed by atoms with Crippen molar-refractivity contribution in [3.63, 3.8) is 0 Å². The summed E-state index contributed by atoms with van der Waals surface area (Å²) in [6, 6.07) is 6.77. The van der Waals surface area contributed by atoms with Crippen LogP contribution in [0.25, 0.3) is 11.0 Å². The second-order valence-electron chi connectivity index (χ2n) is 5.63. The Hall–Kier alpha value is -3.20. The summed E-state index contributed by atoms with van der Waals surface area (Å²) in [5, 5.41) is 11.1. The number of fused-ring (bicyclic) bond motifs is 1. The number of nitrogens with two attached hydrogens (primary N) is 1. The van der Waals surface area contributed by atoms with Gasteiger partial charge in [0.15, 0.2) is 5.11 Å². The van der Waals surface area contributed by atoms with Gasteiger partial charge in [0, 0.05) is 29.8 Å². The van der Waals surface area contributed by atoms with Crippen LogP contribution in [0.15, 0.2) is 39.7 Å². The highest BCUT2D eigenvalue weighted by atomic mass is 32.1. The van der Waals surface area contributed by atoms with Crippen molar-refractivity contribution in [2.75, 3.05) is 10.6 Å². The van der Waals surface area contributed by atoms with Crippen molar-refractivity contribution >= 4 is 45.6 Å². The molecule has 8 nitrogen and oxygen atoms in total. The zero-order valence-electron chi connectivity index (χ0n) is 14.2. The number of nitrogens with zero attached hydrogens (tertiary/aromatic N) is 2. The van der Waals surface area contributed by atoms with Crippen molar-refractivity contribution < 1.29 is 9.21 Å². The summed E-state index contributed by atoms with van der Waals surface area (Å²) >= 11 is 5.28. The van der Waals surface area contributed by atoms with E-state index in [1.807, 2.05) is 26.0 Å². The molecule has 0 unspecified atom stereocenters. The average molecular weight is 371 g/mol. The number of aryl methyl sites for hydroxylation is 2. The van der Waals surface area contributed by atoms with Crippen molar-refractivity contribution in [2.45, 2.75) is 20.4 Å². The monoisotopic (exact) mass is 371 g/mol. The Balaban J connectivity index is 1.83. The fourth-order valence-electron chi connectivity index (χ4n) is 2.66. The number of carbonyl (C=O) groups is 1. The molecule has 9 heteroatoms. The van der Waals surface area contributed by atoms with Crippen LogP contribution in [0, 0.1) is 6.92 Å². The molecule has 1 amide bonds. The number of rotatable bonds is 4. The number of aromatic nitrogens is 2. The number of carbonyl (C=O) groups excluding carboxylic acids is 1. The van der Waals surface area contributed by atoms with Gasteiger partial charge in [0.1, 0.15) is 11.3 Å². The lowest BCUT2D eigenvalue weighted by Crippen LogP contribution is -2.23. The molecular formula is C17H17N5O3S. The fourth-order valence-corrected chi connectivity index (χ4v) is 2.89. The summed E-state index contributed by atoms with van der Waals surface area (Å²) in [5.41, 5.74) is 7.59. The molecular weight excluding hydrogens is 354 g/mol. The molecule has 26 heavy (non-hydrogen) atoms. The van der Waals surface area contributed by atoms with Crippen LogP contribution >= 0.6 is 12.2 Å². The van der Waals surface area contributed by atoms with E-state index in [9.17, 15) is 9.59 Å². The van der Waals surface area contributed by atoms with Gasteiger partial charge < -0.3 is 20.8 Å². The lowest BCUT2D eigenvalue weighted by atomic mass is 10.1. The number of primary amides is 1. The van der Waals surface area contributed by atoms with Crippen molar-refractivity contribution in [1.29, 1.82) is 0 Å². The first-order valence-corrected chi connectivity index (χ1v) is 8.28. The van der Waals surface area contributed by atoms with E-state index in [4.69, 9.17) is 22.4 Å². The van der Waals surface area contributed by atoms with Gasteiger partial charge in [-0.15, -0.1) is 0 Å². The molecule has 0 aliphatic carbocycles. The van der Waals surface area contributed by atoms with Gasteiger partial charge in [-0.05, 0) is 43.8 Å². The molecule has 0 saturated heterocycles. The van der Waals surface area contributed by atoms with Gasteiger partial charge in [0.25, 0.3) is 5.91 Å². The Bertz CT molecular complexity index is 1070. The van der Waals surface area contributed by atoms with E-state index in [0.717, 1.165) is 10.9 Å². The van der Waals surface area contributed by atoms with E-state index in [1.54, 1.807) is 6.07 Å². The molecule has 3 aromatic rings. The molecule has 0 aliphatic heterocycles. The minimum atomic E-state index is -0.599. The third-order valence-corrected chi connectivity index (χ3v) is 4.03. The Morgan fingerprint density at radius 1 is 1.35 bits per heavy atom. The zero-order chi connectivity index (χ0) is 18.8. The summed E-state index contributed by atoms with van der Waals surface area (Å²) in [6.45, 7) is 4.20. The maximum absolute atomic E-state index is 11.6. The predicted octanol–water partition coefficient (Wildman–Crippen LogP) is 2.23. The topological polar surface area (TPSA) is 115 Å². The Morgan fingerprint density at radius 3 is 2.81 bits per heavy atom. The quantitative estimate of drug-likeness (QED) is 0.476. The minimum absolute atomic E-state index is 0.247. The van der Waals surface area contributed by atoms with Gasteiger partial charge >= 0.3 is 5.63 Å². The first-order valence-electron chi connectivity index (χ1n) is 7.87. The normalized spacial score (nSPS) is 10.7. The van der Waals surface area contributed by atoms with Crippen LogP contribution in [0.1, 0.15) is 23.0 Å². The number of nitrogens with one attached hydrogen (secondary N) is 2. The van der Waals surface area contributed by atoms with Crippen molar-refractivity contribution in [3.05, 3.63) is 52.1 Å². The molecule has 0 aliphatic rings. The van der Waals surface area contributed by atoms with Crippen LogP contribution in [-0.4, -0.2) is 20.8 Å². The van der Waals surface area contributed by atoms with Crippen LogP contribution < -0.4 is 22.0 Å². The second-order valence-corrected chi connectivity index (χ2v) is 6.03. The smallest absolute Gasteiger partial charge is 0.336 e. The van der Waals surface area contributed by atoms with E-state index < -0.39 is 11.5 Å². The summed E-state index contributed by atoms with van der Waals surface area (Å²) in [7, 11) is 0. The summed E-state index contributed by atoms with van der Waals surface area (Å²) in [5.74, 6) is -0.599. The maximum Gasteiger partial charge on any atom is 0.336 e. The molecule has 2 heterocycles. The first-order chi connectivity index (χ1) is 12.4. The summed E-state index contributed by atoms with van der Waals surface area (Å²) < 4.78 is 6.70. The molecule has 0 fully saturated rings. The Morgan fingerprint density at radius 2 is 2.12 bits per heavy atom. The maximum atomic E-state index is 11.6. The second kappa shape index (κ2) is 6.96. The molecule has 0 bridgehead atoms. The third-order valence-electron chi connectivity index (χ3n) is 3.83. The molecule has 0 saturated carbocycles. The number of anilines is 2. The SMILES string of the molecule is CCn1ncc(NC(=S)Nc2ccc3c(C)cc(=O)oc3c2)c1C(N)=O. The van der Waals surface area contributed by atoms with E-state index >= 15 is 0 Å². The number of hydrogen-bond acceptors (Lipinski definition) is 5. The Labute approximate surface area is 154 Å². The van der Waals surface area contributed by atoms with Crippen LogP contribution in [0.3, 0.4) is 0 Å². The highest BCUT2D eigenvalue weighted by molar-refractivity contribution is 7.80. The van der Waals surface area contributed by atoms with E-state index in [1.165, 1.54) is 16.9 Å². The number of hydrogen-bond donors (Lipinski definition) is 3. The number of thiocarbonyl (C=S) groups is 1. The molecule has 0 atom stereocenters. The average Bonchev–Trinajstić information content (AvgIpc) is 2.96. The van der Waals surface area contributed by atoms with E-state index in [2.05, 4.69) is 15.7 Å². The van der Waals surface area contributed by atoms with Crippen LogP contribution in [0.5, 0.6) is 0 Å². The predicted molar refractivity (Wildman–Crippen MR) is 103 cm³/mol. The minimum Gasteiger partial charge on any atom is -0.423 e. The van der Waals surface area contributed by atoms with Gasteiger partial charge in [-0.2, -0.15) is 5.10 Å². The molecule has 0 spiro atoms. The van der Waals surface area contributed by atoms with Crippen molar-refractivity contribution in [1.82, 2.24) is 9.78 Å². The molecule has 3 rings (SSSR count). The molecule has 0 radical (unpaired) electrons. The standard InChI is InChI=1S/C17H17N5O3S/c1-3-22-15(16(18)24)12(8-19-22)21-17(26)20-10-4-5-11-9(2)6-14(23)25-13(11)7-10/h4-8H,3H2,1-2H3,(H2,18,24)(H2,20,21,26). The summed E-state index contributed by atoms with van der Waals surface area (Å²) in [4.78, 5) is 23.2. The van der Waals surface area contributed by atoms with Crippen LogP contribution in [0.2, 0.25) is 0 Å². The highest BCUT2D eigenvalue weighted by Crippen LogP contribution is 2.21. The summed E-state index contributed by atoms with van der Waals surface area (Å²) in [6.07, 6.45) is 1.49. The molecule has 1 aromatic carbocycles. The largest absolute Gasteiger partial charge is 0.423 e. The van der Waals surface area contributed by atoms with Gasteiger partial charge in [-0.1, -0.05) is 0 Å². The van der Waals surface area contributed by atoms with Crippen molar-refractivity contribution in [3.8, 4) is 0 Å². The number of amides is 1. The first kappa shape index (κ1) is 17.6. The Kier molecular flexibility index (Phi) is 4.72. The van der Waals surface area contributed by atoms with Crippen LogP contribution in [0.4, 0.5) is 11.4 Å². The van der Waals surface area contributed by atoms with Gasteiger partial charge in [-0.3, -0.25) is 9.48 Å². The molecule has 4 N–H and O–H groups in total. The lowest BCUT2D eigenvalue weighted by molar-refractivity contribution is 0.0991. The molecule has 2 aromatic heterocycles. The van der Waals surface area contributed by atoms with Gasteiger partial charge in [0.2, 0.25) is 0 Å². The molecule has 134 valence electrons. The third kappa shape index (κ3) is 3.42. The highest BCUT2D eigenvalue weighted by Gasteiger charge is 2.16. The van der Waals surface area contributed by atoms with Gasteiger partial charge in [-0.25, -0.2) is 4.79 Å². The number of benzene rings is 1. The van der Waals surface area contributed by atoms with Crippen LogP contribution in [-0.2, 0) is 6.54 Å². The lowest BCUT2D eigenvalue weighted by Gasteiger charge is -2.11. The fraction of sp³-hybridized carbons (Fsp3) is 0.176. The van der Waals surface area contributed by atoms with Crippen molar-refractivity contribution in [2.24, 2.45) is 5.73 Å². The zero-order valence-corrected chi connectivity index (χ0v) is 15.0. The van der Waals surface area contributed by atoms with E-state index in [-0.39, 0.29) is 10.8 Å².